The van der Waals surface area contributed by atoms with Crippen LogP contribution in [0.1, 0.15) is 64.4 Å². The van der Waals surface area contributed by atoms with Crippen LogP contribution in [0.3, 0.4) is 0 Å². The molecule has 1 aliphatic carbocycles. The summed E-state index contributed by atoms with van der Waals surface area (Å²) in [7, 11) is 0. The summed E-state index contributed by atoms with van der Waals surface area (Å²) in [5.41, 5.74) is 4.82. The molecule has 2 rings (SSSR count). The second kappa shape index (κ2) is 11.4. The number of ether oxygens (including phenoxy) is 1. The van der Waals surface area contributed by atoms with Gasteiger partial charge >= 0.3 is 12.2 Å². The van der Waals surface area contributed by atoms with Crippen molar-refractivity contribution in [1.82, 2.24) is 16.2 Å². The molecule has 30 heavy (non-hydrogen) atoms. The quantitative estimate of drug-likeness (QED) is 0.476. The summed E-state index contributed by atoms with van der Waals surface area (Å²) in [5.74, 6) is -0.331. The molecule has 1 atom stereocenters. The number of carboxylic acid groups (broad SMARTS) is 1. The maximum Gasteiger partial charge on any atom is 0.426 e. The summed E-state index contributed by atoms with van der Waals surface area (Å²) in [5, 5.41) is 11.5. The van der Waals surface area contributed by atoms with Gasteiger partial charge in [0.25, 0.3) is 0 Å². The van der Waals surface area contributed by atoms with E-state index >= 15 is 0 Å². The van der Waals surface area contributed by atoms with Crippen LogP contribution in [0.25, 0.3) is 0 Å². The van der Waals surface area contributed by atoms with Crippen LogP contribution in [-0.2, 0) is 16.1 Å². The van der Waals surface area contributed by atoms with Gasteiger partial charge < -0.3 is 15.2 Å². The third kappa shape index (κ3) is 8.71. The van der Waals surface area contributed by atoms with Crippen LogP contribution in [0, 0.1) is 11.8 Å². The van der Waals surface area contributed by atoms with E-state index in [0.717, 1.165) is 31.2 Å². The van der Waals surface area contributed by atoms with Gasteiger partial charge in [-0.15, -0.1) is 0 Å². The minimum absolute atomic E-state index is 0.101. The first-order valence-corrected chi connectivity index (χ1v) is 10.5. The first-order chi connectivity index (χ1) is 14.2. The van der Waals surface area contributed by atoms with E-state index in [2.05, 4.69) is 16.2 Å². The predicted molar refractivity (Wildman–Crippen MR) is 112 cm³/mol. The first kappa shape index (κ1) is 23.5. The Kier molecular flexibility index (Phi) is 8.95. The highest BCUT2D eigenvalue weighted by atomic mass is 16.6. The Morgan fingerprint density at radius 1 is 1.10 bits per heavy atom. The number of hydrogen-bond donors (Lipinski definition) is 4. The number of carbonyl (C=O) groups excluding carboxylic acids is 2. The fourth-order valence-electron chi connectivity index (χ4n) is 4.04. The molecule has 0 bridgehead atoms. The van der Waals surface area contributed by atoms with E-state index in [1.54, 1.807) is 13.8 Å². The van der Waals surface area contributed by atoms with Gasteiger partial charge in [-0.25, -0.2) is 15.0 Å². The average molecular weight is 420 g/mol. The van der Waals surface area contributed by atoms with Crippen molar-refractivity contribution in [3.05, 3.63) is 35.9 Å². The van der Waals surface area contributed by atoms with E-state index in [-0.39, 0.29) is 12.5 Å². The predicted octanol–water partition coefficient (Wildman–Crippen LogP) is 3.97. The molecular formula is C22H33N3O5. The van der Waals surface area contributed by atoms with Crippen molar-refractivity contribution in [2.24, 2.45) is 11.8 Å². The molecule has 1 aliphatic rings. The van der Waals surface area contributed by atoms with Crippen molar-refractivity contribution in [1.29, 1.82) is 0 Å². The van der Waals surface area contributed by atoms with Gasteiger partial charge in [-0.05, 0) is 38.2 Å². The molecule has 0 saturated heterocycles. The summed E-state index contributed by atoms with van der Waals surface area (Å²) in [6, 6.07) is 9.24. The molecule has 0 spiro atoms. The molecule has 3 amide bonds. The molecule has 0 radical (unpaired) electrons. The van der Waals surface area contributed by atoms with E-state index in [1.165, 1.54) is 6.42 Å². The number of hydrazine groups is 1. The van der Waals surface area contributed by atoms with Crippen molar-refractivity contribution in [3.8, 4) is 0 Å². The van der Waals surface area contributed by atoms with Gasteiger partial charge in [0.1, 0.15) is 6.61 Å². The molecule has 4 N–H and O–H groups in total. The number of rotatable bonds is 8. The highest BCUT2D eigenvalue weighted by Gasteiger charge is 2.32. The SMILES string of the molecule is CC(C)(C[C@H](CC1CCCCC1)C(=O)NNC(=O)OCc1ccccc1)NC(=O)O. The molecule has 8 nitrogen and oxygen atoms in total. The minimum atomic E-state index is -1.13. The number of benzene rings is 1. The molecule has 0 aromatic heterocycles. The van der Waals surface area contributed by atoms with Crippen LogP contribution in [-0.4, -0.2) is 28.7 Å². The molecule has 1 fully saturated rings. The van der Waals surface area contributed by atoms with Gasteiger partial charge in [0.2, 0.25) is 5.91 Å². The third-order valence-corrected chi connectivity index (χ3v) is 5.42. The first-order valence-electron chi connectivity index (χ1n) is 10.5. The van der Waals surface area contributed by atoms with Gasteiger partial charge in [-0.2, -0.15) is 0 Å². The molecular weight excluding hydrogens is 386 g/mol. The lowest BCUT2D eigenvalue weighted by atomic mass is 9.78. The summed E-state index contributed by atoms with van der Waals surface area (Å²) < 4.78 is 5.11. The third-order valence-electron chi connectivity index (χ3n) is 5.42. The summed E-state index contributed by atoms with van der Waals surface area (Å²) in [6.07, 6.45) is 4.80. The summed E-state index contributed by atoms with van der Waals surface area (Å²) >= 11 is 0. The molecule has 0 aliphatic heterocycles. The highest BCUT2D eigenvalue weighted by Crippen LogP contribution is 2.32. The van der Waals surface area contributed by atoms with Crippen molar-refractivity contribution in [2.75, 3.05) is 0 Å². The summed E-state index contributed by atoms with van der Waals surface area (Å²) in [6.45, 7) is 3.61. The molecule has 0 unspecified atom stereocenters. The standard InChI is InChI=1S/C22H33N3O5/c1-22(2,23-20(27)28)14-18(13-16-9-5-3-6-10-16)19(26)24-25-21(29)30-15-17-11-7-4-8-12-17/h4,7-8,11-12,16,18,23H,3,5-6,9-10,13-15H2,1-2H3,(H,24,26)(H,25,29)(H,27,28)/t18-/m0/s1. The van der Waals surface area contributed by atoms with Crippen molar-refractivity contribution >= 4 is 18.1 Å². The zero-order chi connectivity index (χ0) is 22.0. The maximum atomic E-state index is 12.8. The fourth-order valence-corrected chi connectivity index (χ4v) is 4.04. The second-order valence-corrected chi connectivity index (χ2v) is 8.63. The van der Waals surface area contributed by atoms with Crippen LogP contribution in [0.2, 0.25) is 0 Å². The van der Waals surface area contributed by atoms with Gasteiger partial charge in [-0.3, -0.25) is 10.2 Å². The topological polar surface area (TPSA) is 117 Å². The van der Waals surface area contributed by atoms with Gasteiger partial charge in [0, 0.05) is 11.5 Å². The number of carbonyl (C=O) groups is 3. The Morgan fingerprint density at radius 3 is 2.40 bits per heavy atom. The highest BCUT2D eigenvalue weighted by molar-refractivity contribution is 5.81. The molecule has 166 valence electrons. The molecule has 8 heteroatoms. The Hall–Kier alpha value is -2.77. The maximum absolute atomic E-state index is 12.8. The van der Waals surface area contributed by atoms with Gasteiger partial charge in [0.05, 0.1) is 0 Å². The number of nitrogens with one attached hydrogen (secondary N) is 3. The molecule has 1 saturated carbocycles. The van der Waals surface area contributed by atoms with E-state index in [9.17, 15) is 14.4 Å². The Morgan fingerprint density at radius 2 is 1.77 bits per heavy atom. The number of hydrogen-bond acceptors (Lipinski definition) is 4. The smallest absolute Gasteiger partial charge is 0.426 e. The van der Waals surface area contributed by atoms with Crippen LogP contribution in [0.4, 0.5) is 9.59 Å². The monoisotopic (exact) mass is 419 g/mol. The van der Waals surface area contributed by atoms with Crippen molar-refractivity contribution < 1.29 is 24.2 Å². The van der Waals surface area contributed by atoms with E-state index in [4.69, 9.17) is 9.84 Å². The largest absolute Gasteiger partial charge is 0.465 e. The van der Waals surface area contributed by atoms with E-state index < -0.39 is 23.6 Å². The average Bonchev–Trinajstić information content (AvgIpc) is 2.70. The Labute approximate surface area is 177 Å². The van der Waals surface area contributed by atoms with Crippen molar-refractivity contribution in [2.45, 2.75) is 70.9 Å². The molecule has 1 aromatic carbocycles. The van der Waals surface area contributed by atoms with E-state index in [0.29, 0.717) is 18.8 Å². The van der Waals surface area contributed by atoms with Crippen LogP contribution < -0.4 is 16.2 Å². The van der Waals surface area contributed by atoms with E-state index in [1.807, 2.05) is 30.3 Å². The Balaban J connectivity index is 1.89. The van der Waals surface area contributed by atoms with Gasteiger partial charge in [0.15, 0.2) is 0 Å². The van der Waals surface area contributed by atoms with Crippen molar-refractivity contribution in [3.63, 3.8) is 0 Å². The minimum Gasteiger partial charge on any atom is -0.465 e. The normalized spacial score (nSPS) is 15.7. The zero-order valence-electron chi connectivity index (χ0n) is 17.8. The Bertz CT molecular complexity index is 702. The summed E-state index contributed by atoms with van der Waals surface area (Å²) in [4.78, 5) is 35.8. The fraction of sp³-hybridized carbons (Fsp3) is 0.591. The lowest BCUT2D eigenvalue weighted by Gasteiger charge is -2.32. The van der Waals surface area contributed by atoms with Crippen LogP contribution in [0.5, 0.6) is 0 Å². The van der Waals surface area contributed by atoms with Gasteiger partial charge in [-0.1, -0.05) is 62.4 Å². The lowest BCUT2D eigenvalue weighted by molar-refractivity contribution is -0.127. The van der Waals surface area contributed by atoms with Crippen LogP contribution in [0.15, 0.2) is 30.3 Å². The zero-order valence-corrected chi connectivity index (χ0v) is 17.8. The van der Waals surface area contributed by atoms with Crippen LogP contribution >= 0.6 is 0 Å². The molecule has 0 heterocycles. The molecule has 1 aromatic rings. The number of amides is 3. The lowest BCUT2D eigenvalue weighted by Crippen LogP contribution is -2.49. The second-order valence-electron chi connectivity index (χ2n) is 8.63.